The minimum atomic E-state index is 0.872. The normalized spacial score (nSPS) is 11.9. The van der Waals surface area contributed by atoms with Gasteiger partial charge in [0, 0.05) is 6.20 Å². The van der Waals surface area contributed by atoms with Gasteiger partial charge in [-0.1, -0.05) is 43.3 Å². The van der Waals surface area contributed by atoms with Crippen LogP contribution in [0.3, 0.4) is 0 Å². The molecule has 3 heteroatoms. The number of rotatable bonds is 3. The van der Waals surface area contributed by atoms with E-state index in [0.717, 1.165) is 17.6 Å². The molecule has 0 bridgehead atoms. The molecule has 3 nitrogen and oxygen atoms in total. The number of fused-ring (bicyclic) bond motifs is 1. The van der Waals surface area contributed by atoms with Crippen LogP contribution in [-0.2, 0) is 0 Å². The fourth-order valence-corrected chi connectivity index (χ4v) is 2.16. The van der Waals surface area contributed by atoms with E-state index in [0.29, 0.717) is 0 Å². The molecular formula is C16H15N3. The number of aromatic nitrogens is 3. The highest BCUT2D eigenvalue weighted by Gasteiger charge is 2.00. The van der Waals surface area contributed by atoms with Crippen molar-refractivity contribution in [2.75, 3.05) is 0 Å². The second-order valence-corrected chi connectivity index (χ2v) is 4.41. The maximum Gasteiger partial charge on any atom is 0.155 e. The lowest BCUT2D eigenvalue weighted by Crippen LogP contribution is -1.88. The van der Waals surface area contributed by atoms with E-state index in [1.807, 2.05) is 18.3 Å². The maximum atomic E-state index is 4.21. The van der Waals surface area contributed by atoms with Crippen molar-refractivity contribution in [1.82, 2.24) is 14.6 Å². The summed E-state index contributed by atoms with van der Waals surface area (Å²) in [4.78, 5) is 4.21. The lowest BCUT2D eigenvalue weighted by Gasteiger charge is -2.05. The summed E-state index contributed by atoms with van der Waals surface area (Å²) in [6.45, 7) is 2.18. The third-order valence-corrected chi connectivity index (χ3v) is 3.17. The van der Waals surface area contributed by atoms with Gasteiger partial charge in [-0.05, 0) is 35.3 Å². The van der Waals surface area contributed by atoms with Gasteiger partial charge in [-0.15, -0.1) is 0 Å². The van der Waals surface area contributed by atoms with E-state index in [9.17, 15) is 0 Å². The summed E-state index contributed by atoms with van der Waals surface area (Å²) < 4.78 is 1.77. The van der Waals surface area contributed by atoms with Gasteiger partial charge in [-0.2, -0.15) is 5.10 Å². The van der Waals surface area contributed by atoms with E-state index in [-0.39, 0.29) is 0 Å². The highest BCUT2D eigenvalue weighted by Crippen LogP contribution is 2.21. The van der Waals surface area contributed by atoms with Crippen LogP contribution in [0.4, 0.5) is 0 Å². The molecule has 0 saturated carbocycles. The Morgan fingerprint density at radius 2 is 2.05 bits per heavy atom. The third-order valence-electron chi connectivity index (χ3n) is 3.17. The first-order valence-corrected chi connectivity index (χ1v) is 6.42. The SMILES string of the molecule is CC/C(=C\c1ccn2ncnc2c1)c1ccccc1. The molecule has 3 aromatic rings. The van der Waals surface area contributed by atoms with E-state index in [2.05, 4.69) is 53.4 Å². The molecule has 0 atom stereocenters. The van der Waals surface area contributed by atoms with Crippen LogP contribution in [0.15, 0.2) is 55.0 Å². The van der Waals surface area contributed by atoms with Crippen molar-refractivity contribution >= 4 is 17.3 Å². The second-order valence-electron chi connectivity index (χ2n) is 4.41. The van der Waals surface area contributed by atoms with Crippen LogP contribution in [0.2, 0.25) is 0 Å². The first-order chi connectivity index (χ1) is 9.36. The molecule has 0 spiro atoms. The van der Waals surface area contributed by atoms with Crippen LogP contribution in [0, 0.1) is 0 Å². The van der Waals surface area contributed by atoms with E-state index in [1.54, 1.807) is 10.8 Å². The average molecular weight is 249 g/mol. The second kappa shape index (κ2) is 5.06. The van der Waals surface area contributed by atoms with Crippen molar-refractivity contribution in [2.45, 2.75) is 13.3 Å². The van der Waals surface area contributed by atoms with E-state index in [4.69, 9.17) is 0 Å². The summed E-state index contributed by atoms with van der Waals surface area (Å²) in [5.74, 6) is 0. The Balaban J connectivity index is 2.02. The molecule has 0 radical (unpaired) electrons. The lowest BCUT2D eigenvalue weighted by molar-refractivity contribution is 0.960. The molecule has 0 fully saturated rings. The molecule has 2 heterocycles. The fourth-order valence-electron chi connectivity index (χ4n) is 2.16. The Hall–Kier alpha value is -2.42. The molecule has 94 valence electrons. The van der Waals surface area contributed by atoms with Gasteiger partial charge in [0.15, 0.2) is 5.65 Å². The molecule has 0 aliphatic carbocycles. The minimum absolute atomic E-state index is 0.872. The van der Waals surface area contributed by atoms with Crippen LogP contribution in [0.5, 0.6) is 0 Å². The smallest absolute Gasteiger partial charge is 0.155 e. The quantitative estimate of drug-likeness (QED) is 0.708. The van der Waals surface area contributed by atoms with Crippen LogP contribution in [-0.4, -0.2) is 14.6 Å². The number of hydrogen-bond donors (Lipinski definition) is 0. The lowest BCUT2D eigenvalue weighted by atomic mass is 10.0. The van der Waals surface area contributed by atoms with Gasteiger partial charge in [-0.3, -0.25) is 0 Å². The number of hydrogen-bond acceptors (Lipinski definition) is 2. The standard InChI is InChI=1S/C16H15N3/c1-2-14(15-6-4-3-5-7-15)10-13-8-9-19-16(11-13)17-12-18-19/h3-12H,2H2,1H3/b14-10+. The highest BCUT2D eigenvalue weighted by molar-refractivity contribution is 5.81. The number of allylic oxidation sites excluding steroid dienone is 1. The molecular weight excluding hydrogens is 234 g/mol. The Morgan fingerprint density at radius 3 is 2.84 bits per heavy atom. The van der Waals surface area contributed by atoms with Crippen molar-refractivity contribution in [3.63, 3.8) is 0 Å². The van der Waals surface area contributed by atoms with E-state index < -0.39 is 0 Å². The van der Waals surface area contributed by atoms with Crippen LogP contribution >= 0.6 is 0 Å². The zero-order valence-corrected chi connectivity index (χ0v) is 10.8. The fraction of sp³-hybridized carbons (Fsp3) is 0.125. The van der Waals surface area contributed by atoms with Crippen LogP contribution < -0.4 is 0 Å². The summed E-state index contributed by atoms with van der Waals surface area (Å²) in [5, 5.41) is 4.10. The van der Waals surface area contributed by atoms with Gasteiger partial charge in [0.1, 0.15) is 6.33 Å². The third kappa shape index (κ3) is 2.40. The summed E-state index contributed by atoms with van der Waals surface area (Å²) in [7, 11) is 0. The predicted molar refractivity (Wildman–Crippen MR) is 77.6 cm³/mol. The molecule has 2 aromatic heterocycles. The van der Waals surface area contributed by atoms with Crippen molar-refractivity contribution in [2.24, 2.45) is 0 Å². The summed E-state index contributed by atoms with van der Waals surface area (Å²) in [6.07, 6.45) is 6.72. The molecule has 1 aromatic carbocycles. The molecule has 0 N–H and O–H groups in total. The molecule has 19 heavy (non-hydrogen) atoms. The summed E-state index contributed by atoms with van der Waals surface area (Å²) >= 11 is 0. The minimum Gasteiger partial charge on any atom is -0.221 e. The number of pyridine rings is 1. The largest absolute Gasteiger partial charge is 0.221 e. The molecule has 0 saturated heterocycles. The molecule has 3 rings (SSSR count). The first kappa shape index (κ1) is 11.7. The molecule has 0 aliphatic rings. The van der Waals surface area contributed by atoms with Gasteiger partial charge in [0.25, 0.3) is 0 Å². The molecule has 0 unspecified atom stereocenters. The van der Waals surface area contributed by atoms with Crippen molar-refractivity contribution in [3.8, 4) is 0 Å². The van der Waals surface area contributed by atoms with Gasteiger partial charge in [-0.25, -0.2) is 9.50 Å². The van der Waals surface area contributed by atoms with Crippen LogP contribution in [0.25, 0.3) is 17.3 Å². The summed E-state index contributed by atoms with van der Waals surface area (Å²) in [6, 6.07) is 14.6. The van der Waals surface area contributed by atoms with Crippen molar-refractivity contribution in [1.29, 1.82) is 0 Å². The zero-order valence-electron chi connectivity index (χ0n) is 10.8. The molecule has 0 aliphatic heterocycles. The monoisotopic (exact) mass is 249 g/mol. The van der Waals surface area contributed by atoms with Gasteiger partial charge in [0.05, 0.1) is 0 Å². The van der Waals surface area contributed by atoms with Crippen molar-refractivity contribution in [3.05, 3.63) is 66.1 Å². The first-order valence-electron chi connectivity index (χ1n) is 6.42. The Morgan fingerprint density at radius 1 is 1.21 bits per heavy atom. The van der Waals surface area contributed by atoms with Gasteiger partial charge < -0.3 is 0 Å². The van der Waals surface area contributed by atoms with E-state index >= 15 is 0 Å². The average Bonchev–Trinajstić information content (AvgIpc) is 2.93. The summed E-state index contributed by atoms with van der Waals surface area (Å²) in [5.41, 5.74) is 4.62. The number of nitrogens with zero attached hydrogens (tertiary/aromatic N) is 3. The molecule has 0 amide bonds. The van der Waals surface area contributed by atoms with Gasteiger partial charge >= 0.3 is 0 Å². The van der Waals surface area contributed by atoms with E-state index in [1.165, 1.54) is 11.1 Å². The van der Waals surface area contributed by atoms with Crippen LogP contribution in [0.1, 0.15) is 24.5 Å². The van der Waals surface area contributed by atoms with Gasteiger partial charge in [0.2, 0.25) is 0 Å². The topological polar surface area (TPSA) is 30.2 Å². The maximum absolute atomic E-state index is 4.21. The van der Waals surface area contributed by atoms with Crippen molar-refractivity contribution < 1.29 is 0 Å². The zero-order chi connectivity index (χ0) is 13.1. The Kier molecular flexibility index (Phi) is 3.11. The Labute approximate surface area is 112 Å². The number of benzene rings is 1. The predicted octanol–water partition coefficient (Wildman–Crippen LogP) is 3.68. The Bertz CT molecular complexity index is 711. The highest BCUT2D eigenvalue weighted by atomic mass is 15.3.